The normalized spacial score (nSPS) is 13.8. The molecule has 1 unspecified atom stereocenters. The van der Waals surface area contributed by atoms with E-state index in [1.54, 1.807) is 12.0 Å². The summed E-state index contributed by atoms with van der Waals surface area (Å²) in [4.78, 5) is 28.3. The molecular formula is C26H26N2O4S. The number of amides is 1. The van der Waals surface area contributed by atoms with Gasteiger partial charge >= 0.3 is 5.97 Å². The second kappa shape index (κ2) is 10.4. The van der Waals surface area contributed by atoms with Crippen molar-refractivity contribution in [3.63, 3.8) is 0 Å². The number of hydrogen-bond donors (Lipinski definition) is 1. The summed E-state index contributed by atoms with van der Waals surface area (Å²) in [5.41, 5.74) is 3.79. The Bertz CT molecular complexity index is 1120. The van der Waals surface area contributed by atoms with Gasteiger partial charge in [-0.25, -0.2) is 4.79 Å². The van der Waals surface area contributed by atoms with Gasteiger partial charge in [-0.3, -0.25) is 9.69 Å². The maximum absolute atomic E-state index is 13.0. The van der Waals surface area contributed by atoms with Gasteiger partial charge in [0.2, 0.25) is 5.91 Å². The Kier molecular flexibility index (Phi) is 7.19. The molecule has 0 radical (unpaired) electrons. The number of rotatable bonds is 8. The van der Waals surface area contributed by atoms with Crippen LogP contribution in [0.1, 0.15) is 11.1 Å². The number of hydrogen-bond acceptors (Lipinski definition) is 6. The number of esters is 1. The number of carbonyl (C=O) groups excluding carboxylic acids is 2. The lowest BCUT2D eigenvalue weighted by atomic mass is 10.0. The van der Waals surface area contributed by atoms with Crippen LogP contribution in [0.5, 0.6) is 5.75 Å². The Morgan fingerprint density at radius 1 is 1.03 bits per heavy atom. The van der Waals surface area contributed by atoms with E-state index in [1.165, 1.54) is 24.4 Å². The molecule has 1 amide bonds. The lowest BCUT2D eigenvalue weighted by Gasteiger charge is -2.34. The van der Waals surface area contributed by atoms with E-state index < -0.39 is 12.0 Å². The zero-order valence-corrected chi connectivity index (χ0v) is 19.4. The van der Waals surface area contributed by atoms with Crippen molar-refractivity contribution in [2.24, 2.45) is 0 Å². The van der Waals surface area contributed by atoms with Crippen molar-refractivity contribution in [3.8, 4) is 5.75 Å². The fraction of sp³-hybridized carbons (Fsp3) is 0.231. The van der Waals surface area contributed by atoms with Crippen molar-refractivity contribution in [2.75, 3.05) is 30.2 Å². The first-order valence-corrected chi connectivity index (χ1v) is 11.6. The molecule has 0 spiro atoms. The summed E-state index contributed by atoms with van der Waals surface area (Å²) in [7, 11) is 2.96. The van der Waals surface area contributed by atoms with Gasteiger partial charge in [0.25, 0.3) is 0 Å². The Morgan fingerprint density at radius 3 is 2.48 bits per heavy atom. The summed E-state index contributed by atoms with van der Waals surface area (Å²) in [5.74, 6) is 0.454. The van der Waals surface area contributed by atoms with E-state index in [4.69, 9.17) is 9.47 Å². The minimum absolute atomic E-state index is 0.110. The lowest BCUT2D eigenvalue weighted by molar-refractivity contribution is -0.143. The Morgan fingerprint density at radius 2 is 1.79 bits per heavy atom. The van der Waals surface area contributed by atoms with E-state index in [1.807, 2.05) is 60.7 Å². The SMILES string of the molecule is COC(=O)C(Cc1ccc(OC)cc1)N1C(=O)CSc2cc(NCc3ccccc3)ccc21. The Labute approximate surface area is 197 Å². The molecule has 0 saturated carbocycles. The van der Waals surface area contributed by atoms with Crippen LogP contribution in [0.3, 0.4) is 0 Å². The largest absolute Gasteiger partial charge is 0.497 e. The Balaban J connectivity index is 1.58. The van der Waals surface area contributed by atoms with E-state index in [-0.39, 0.29) is 11.7 Å². The highest BCUT2D eigenvalue weighted by atomic mass is 32.2. The van der Waals surface area contributed by atoms with Gasteiger partial charge in [0, 0.05) is 23.5 Å². The topological polar surface area (TPSA) is 67.9 Å². The van der Waals surface area contributed by atoms with Crippen molar-refractivity contribution < 1.29 is 19.1 Å². The van der Waals surface area contributed by atoms with Crippen LogP contribution in [0.15, 0.2) is 77.7 Å². The molecule has 3 aromatic carbocycles. The van der Waals surface area contributed by atoms with Crippen LogP contribution in [0, 0.1) is 0 Å². The predicted molar refractivity (Wildman–Crippen MR) is 131 cm³/mol. The maximum Gasteiger partial charge on any atom is 0.329 e. The van der Waals surface area contributed by atoms with E-state index in [0.717, 1.165) is 27.6 Å². The number of anilines is 2. The van der Waals surface area contributed by atoms with E-state index in [0.29, 0.717) is 13.0 Å². The molecule has 7 heteroatoms. The highest BCUT2D eigenvalue weighted by Gasteiger charge is 2.36. The summed E-state index contributed by atoms with van der Waals surface area (Å²) >= 11 is 1.48. The van der Waals surface area contributed by atoms with Crippen LogP contribution in [-0.2, 0) is 27.3 Å². The third-order valence-electron chi connectivity index (χ3n) is 5.55. The van der Waals surface area contributed by atoms with E-state index in [9.17, 15) is 9.59 Å². The van der Waals surface area contributed by atoms with Gasteiger partial charge in [0.15, 0.2) is 0 Å². The molecule has 1 heterocycles. The van der Waals surface area contributed by atoms with Crippen LogP contribution in [-0.4, -0.2) is 37.9 Å². The number of thioether (sulfide) groups is 1. The van der Waals surface area contributed by atoms with Crippen molar-refractivity contribution in [1.29, 1.82) is 0 Å². The molecule has 1 aliphatic heterocycles. The molecule has 33 heavy (non-hydrogen) atoms. The number of benzene rings is 3. The average Bonchev–Trinajstić information content (AvgIpc) is 2.87. The highest BCUT2D eigenvalue weighted by molar-refractivity contribution is 8.00. The molecule has 4 rings (SSSR count). The van der Waals surface area contributed by atoms with Crippen LogP contribution in [0.25, 0.3) is 0 Å². The third kappa shape index (κ3) is 5.31. The minimum atomic E-state index is -0.751. The maximum atomic E-state index is 13.0. The molecule has 3 aromatic rings. The fourth-order valence-corrected chi connectivity index (χ4v) is 4.77. The summed E-state index contributed by atoms with van der Waals surface area (Å²) in [6.45, 7) is 0.704. The predicted octanol–water partition coefficient (Wildman–Crippen LogP) is 4.53. The van der Waals surface area contributed by atoms with Gasteiger partial charge in [-0.05, 0) is 41.5 Å². The van der Waals surface area contributed by atoms with Gasteiger partial charge in [-0.1, -0.05) is 42.5 Å². The van der Waals surface area contributed by atoms with Crippen LogP contribution in [0.2, 0.25) is 0 Å². The summed E-state index contributed by atoms with van der Waals surface area (Å²) < 4.78 is 10.3. The fourth-order valence-electron chi connectivity index (χ4n) is 3.82. The molecule has 0 aromatic heterocycles. The molecule has 0 bridgehead atoms. The van der Waals surface area contributed by atoms with Crippen molar-refractivity contribution in [1.82, 2.24) is 0 Å². The quantitative estimate of drug-likeness (QED) is 0.496. The smallest absolute Gasteiger partial charge is 0.329 e. The third-order valence-corrected chi connectivity index (χ3v) is 6.58. The number of fused-ring (bicyclic) bond motifs is 1. The average molecular weight is 463 g/mol. The molecule has 1 N–H and O–H groups in total. The summed E-state index contributed by atoms with van der Waals surface area (Å²) in [5, 5.41) is 3.43. The second-order valence-corrected chi connectivity index (χ2v) is 8.68. The molecule has 0 aliphatic carbocycles. The number of nitrogens with one attached hydrogen (secondary N) is 1. The standard InChI is InChI=1S/C26H26N2O4S/c1-31-21-11-8-18(9-12-21)14-23(26(30)32-2)28-22-13-10-20(15-24(22)33-17-25(28)29)27-16-19-6-4-3-5-7-19/h3-13,15,23,27H,14,16-17H2,1-2H3. The van der Waals surface area contributed by atoms with E-state index in [2.05, 4.69) is 17.4 Å². The van der Waals surface area contributed by atoms with Crippen molar-refractivity contribution in [3.05, 3.63) is 83.9 Å². The zero-order valence-electron chi connectivity index (χ0n) is 18.6. The molecular weight excluding hydrogens is 436 g/mol. The second-order valence-electron chi connectivity index (χ2n) is 7.67. The van der Waals surface area contributed by atoms with Crippen molar-refractivity contribution in [2.45, 2.75) is 23.9 Å². The van der Waals surface area contributed by atoms with Gasteiger partial charge in [0.1, 0.15) is 11.8 Å². The minimum Gasteiger partial charge on any atom is -0.497 e. The highest BCUT2D eigenvalue weighted by Crippen LogP contribution is 2.39. The zero-order chi connectivity index (χ0) is 23.2. The molecule has 170 valence electrons. The number of carbonyl (C=O) groups is 2. The monoisotopic (exact) mass is 462 g/mol. The lowest BCUT2D eigenvalue weighted by Crippen LogP contribution is -2.49. The first-order valence-electron chi connectivity index (χ1n) is 10.7. The van der Waals surface area contributed by atoms with Crippen LogP contribution >= 0.6 is 11.8 Å². The number of ether oxygens (including phenoxy) is 2. The molecule has 6 nitrogen and oxygen atoms in total. The van der Waals surface area contributed by atoms with Crippen molar-refractivity contribution >= 4 is 35.0 Å². The summed E-state index contributed by atoms with van der Waals surface area (Å²) in [6.07, 6.45) is 0.348. The Hall–Kier alpha value is -3.45. The van der Waals surface area contributed by atoms with E-state index >= 15 is 0 Å². The first kappa shape index (κ1) is 22.7. The molecule has 0 fully saturated rings. The molecule has 1 aliphatic rings. The van der Waals surface area contributed by atoms with Crippen LogP contribution < -0.4 is 15.0 Å². The van der Waals surface area contributed by atoms with Crippen LogP contribution in [0.4, 0.5) is 11.4 Å². The molecule has 1 atom stereocenters. The first-order chi connectivity index (χ1) is 16.1. The number of methoxy groups -OCH3 is 2. The van der Waals surface area contributed by atoms with Gasteiger partial charge in [-0.15, -0.1) is 11.8 Å². The van der Waals surface area contributed by atoms with Gasteiger partial charge < -0.3 is 14.8 Å². The summed E-state index contributed by atoms with van der Waals surface area (Å²) in [6, 6.07) is 22.8. The number of nitrogens with zero attached hydrogens (tertiary/aromatic N) is 1. The van der Waals surface area contributed by atoms with Gasteiger partial charge in [-0.2, -0.15) is 0 Å². The van der Waals surface area contributed by atoms with Gasteiger partial charge in [0.05, 0.1) is 25.7 Å². The molecule has 0 saturated heterocycles.